The van der Waals surface area contributed by atoms with E-state index in [4.69, 9.17) is 0 Å². The molecule has 0 unspecified atom stereocenters. The summed E-state index contributed by atoms with van der Waals surface area (Å²) >= 11 is 0. The maximum Gasteiger partial charge on any atom is 0.259 e. The number of nitrogens with one attached hydrogen (secondary N) is 2. The van der Waals surface area contributed by atoms with Crippen molar-refractivity contribution in [2.24, 2.45) is 5.10 Å². The number of carbonyl (C=O) groups is 1. The molecule has 0 fully saturated rings. The van der Waals surface area contributed by atoms with Gasteiger partial charge in [0.2, 0.25) is 0 Å². The van der Waals surface area contributed by atoms with Gasteiger partial charge in [-0.2, -0.15) is 5.10 Å². The fraction of sp³-hybridized carbons (Fsp3) is 0.300. The van der Waals surface area contributed by atoms with Crippen molar-refractivity contribution < 1.29 is 4.79 Å². The molecule has 4 nitrogen and oxygen atoms in total. The summed E-state index contributed by atoms with van der Waals surface area (Å²) in [5.74, 6) is -0.134. The smallest absolute Gasteiger partial charge is 0.259 e. The molecule has 3 rings (SSSR count). The zero-order chi connectivity index (χ0) is 16.9. The Bertz CT molecular complexity index is 780. The molecule has 0 aromatic heterocycles. The second-order valence-electron chi connectivity index (χ2n) is 6.28. The normalized spacial score (nSPS) is 15.0. The summed E-state index contributed by atoms with van der Waals surface area (Å²) in [6, 6.07) is 14.4. The van der Waals surface area contributed by atoms with Crippen molar-refractivity contribution in [3.05, 3.63) is 64.7 Å². The van der Waals surface area contributed by atoms with Gasteiger partial charge < -0.3 is 5.32 Å². The number of anilines is 1. The average Bonchev–Trinajstić information content (AvgIpc) is 2.59. The maximum atomic E-state index is 12.1. The van der Waals surface area contributed by atoms with E-state index in [1.165, 1.54) is 11.1 Å². The van der Waals surface area contributed by atoms with Gasteiger partial charge in [0.15, 0.2) is 0 Å². The Kier molecular flexibility index (Phi) is 4.94. The molecule has 2 aromatic rings. The van der Waals surface area contributed by atoms with Crippen LogP contribution < -0.4 is 10.7 Å². The lowest BCUT2D eigenvalue weighted by molar-refractivity contribution is -0.119. The minimum absolute atomic E-state index is 0.134. The van der Waals surface area contributed by atoms with E-state index < -0.39 is 0 Å². The maximum absolute atomic E-state index is 12.1. The lowest BCUT2D eigenvalue weighted by atomic mass is 9.90. The SMILES string of the molecule is Cc1ccc(NCC(=O)N/N=C2/CCCc3ccccc32)c(C)c1. The van der Waals surface area contributed by atoms with Crippen LogP contribution in [0.2, 0.25) is 0 Å². The minimum Gasteiger partial charge on any atom is -0.376 e. The van der Waals surface area contributed by atoms with E-state index in [1.807, 2.05) is 31.2 Å². The molecule has 2 aromatic carbocycles. The monoisotopic (exact) mass is 321 g/mol. The number of hydrogen-bond donors (Lipinski definition) is 2. The van der Waals surface area contributed by atoms with Gasteiger partial charge in [0.05, 0.1) is 12.3 Å². The standard InChI is InChI=1S/C20H23N3O/c1-14-10-11-18(15(2)12-14)21-13-20(24)23-22-19-9-5-7-16-6-3-4-8-17(16)19/h3-4,6,8,10-12,21H,5,7,9,13H2,1-2H3,(H,23,24)/b22-19-. The van der Waals surface area contributed by atoms with E-state index in [1.54, 1.807) is 0 Å². The first-order chi connectivity index (χ1) is 11.6. The van der Waals surface area contributed by atoms with Crippen LogP contribution in [0.5, 0.6) is 0 Å². The van der Waals surface area contributed by atoms with Crippen molar-refractivity contribution in [3.63, 3.8) is 0 Å². The predicted molar refractivity (Wildman–Crippen MR) is 98.5 cm³/mol. The fourth-order valence-electron chi connectivity index (χ4n) is 3.07. The van der Waals surface area contributed by atoms with Crippen LogP contribution in [0.3, 0.4) is 0 Å². The van der Waals surface area contributed by atoms with Crippen LogP contribution in [0.1, 0.15) is 35.1 Å². The number of benzene rings is 2. The number of carbonyl (C=O) groups excluding carboxylic acids is 1. The van der Waals surface area contributed by atoms with Gasteiger partial charge in [0, 0.05) is 11.3 Å². The molecule has 0 saturated heterocycles. The fourth-order valence-corrected chi connectivity index (χ4v) is 3.07. The number of aryl methyl sites for hydroxylation is 3. The molecule has 124 valence electrons. The van der Waals surface area contributed by atoms with Gasteiger partial charge >= 0.3 is 0 Å². The first-order valence-corrected chi connectivity index (χ1v) is 8.38. The van der Waals surface area contributed by atoms with Crippen molar-refractivity contribution in [3.8, 4) is 0 Å². The zero-order valence-corrected chi connectivity index (χ0v) is 14.2. The number of hydrogen-bond acceptors (Lipinski definition) is 3. The number of amides is 1. The third-order valence-electron chi connectivity index (χ3n) is 4.32. The Balaban J connectivity index is 1.60. The molecule has 0 radical (unpaired) electrons. The third-order valence-corrected chi connectivity index (χ3v) is 4.32. The van der Waals surface area contributed by atoms with Crippen LogP contribution in [0.4, 0.5) is 5.69 Å². The highest BCUT2D eigenvalue weighted by atomic mass is 16.2. The molecule has 0 bridgehead atoms. The van der Waals surface area contributed by atoms with Crippen molar-refractivity contribution in [2.45, 2.75) is 33.1 Å². The van der Waals surface area contributed by atoms with Crippen LogP contribution in [0, 0.1) is 13.8 Å². The zero-order valence-electron chi connectivity index (χ0n) is 14.2. The molecule has 0 saturated carbocycles. The second kappa shape index (κ2) is 7.30. The molecule has 0 heterocycles. The van der Waals surface area contributed by atoms with E-state index >= 15 is 0 Å². The summed E-state index contributed by atoms with van der Waals surface area (Å²) in [5.41, 5.74) is 9.44. The summed E-state index contributed by atoms with van der Waals surface area (Å²) < 4.78 is 0. The van der Waals surface area contributed by atoms with Gasteiger partial charge in [-0.15, -0.1) is 0 Å². The summed E-state index contributed by atoms with van der Waals surface area (Å²) in [5, 5.41) is 7.52. The first kappa shape index (κ1) is 16.2. The molecule has 0 aliphatic heterocycles. The molecular weight excluding hydrogens is 298 g/mol. The minimum atomic E-state index is -0.134. The Labute approximate surface area is 143 Å². The van der Waals surface area contributed by atoms with Gasteiger partial charge in [0.1, 0.15) is 0 Å². The Morgan fingerprint density at radius 2 is 1.96 bits per heavy atom. The molecular formula is C20H23N3O. The first-order valence-electron chi connectivity index (χ1n) is 8.38. The van der Waals surface area contributed by atoms with Crippen LogP contribution in [-0.2, 0) is 11.2 Å². The summed E-state index contributed by atoms with van der Waals surface area (Å²) in [4.78, 5) is 12.1. The molecule has 1 amide bonds. The van der Waals surface area contributed by atoms with Crippen molar-refractivity contribution in [2.75, 3.05) is 11.9 Å². The van der Waals surface area contributed by atoms with Crippen LogP contribution >= 0.6 is 0 Å². The number of hydrazone groups is 1. The largest absolute Gasteiger partial charge is 0.376 e. The van der Waals surface area contributed by atoms with E-state index in [0.29, 0.717) is 0 Å². The summed E-state index contributed by atoms with van der Waals surface area (Å²) in [7, 11) is 0. The Morgan fingerprint density at radius 1 is 1.12 bits per heavy atom. The number of fused-ring (bicyclic) bond motifs is 1. The van der Waals surface area contributed by atoms with Gasteiger partial charge in [-0.3, -0.25) is 4.79 Å². The van der Waals surface area contributed by atoms with Gasteiger partial charge in [0.25, 0.3) is 5.91 Å². The Hall–Kier alpha value is -2.62. The predicted octanol–water partition coefficient (Wildman–Crippen LogP) is 3.57. The quantitative estimate of drug-likeness (QED) is 0.846. The Morgan fingerprint density at radius 3 is 2.79 bits per heavy atom. The third kappa shape index (κ3) is 3.82. The molecule has 2 N–H and O–H groups in total. The summed E-state index contributed by atoms with van der Waals surface area (Å²) in [6.07, 6.45) is 3.06. The van der Waals surface area contributed by atoms with Crippen LogP contribution in [0.25, 0.3) is 0 Å². The van der Waals surface area contributed by atoms with Crippen LogP contribution in [-0.4, -0.2) is 18.2 Å². The van der Waals surface area contributed by atoms with Crippen molar-refractivity contribution in [1.82, 2.24) is 5.43 Å². The van der Waals surface area contributed by atoms with E-state index in [9.17, 15) is 4.79 Å². The highest BCUT2D eigenvalue weighted by Crippen LogP contribution is 2.21. The van der Waals surface area contributed by atoms with Crippen molar-refractivity contribution in [1.29, 1.82) is 0 Å². The average molecular weight is 321 g/mol. The molecule has 0 atom stereocenters. The van der Waals surface area contributed by atoms with Gasteiger partial charge in [-0.25, -0.2) is 5.43 Å². The van der Waals surface area contributed by atoms with E-state index in [2.05, 4.69) is 41.0 Å². The molecule has 1 aliphatic carbocycles. The molecule has 0 spiro atoms. The van der Waals surface area contributed by atoms with Crippen LogP contribution in [0.15, 0.2) is 47.6 Å². The topological polar surface area (TPSA) is 53.5 Å². The molecule has 24 heavy (non-hydrogen) atoms. The summed E-state index contributed by atoms with van der Waals surface area (Å²) in [6.45, 7) is 4.30. The van der Waals surface area contributed by atoms with Gasteiger partial charge in [-0.05, 0) is 50.3 Å². The van der Waals surface area contributed by atoms with E-state index in [-0.39, 0.29) is 12.5 Å². The highest BCUT2D eigenvalue weighted by Gasteiger charge is 2.15. The molecule has 4 heteroatoms. The lowest BCUT2D eigenvalue weighted by Crippen LogP contribution is -2.28. The lowest BCUT2D eigenvalue weighted by Gasteiger charge is -2.17. The van der Waals surface area contributed by atoms with Crippen molar-refractivity contribution >= 4 is 17.3 Å². The van der Waals surface area contributed by atoms with E-state index in [0.717, 1.165) is 41.8 Å². The number of nitrogens with zero attached hydrogens (tertiary/aromatic N) is 1. The number of rotatable bonds is 4. The van der Waals surface area contributed by atoms with Gasteiger partial charge in [-0.1, -0.05) is 42.0 Å². The molecule has 1 aliphatic rings. The highest BCUT2D eigenvalue weighted by molar-refractivity contribution is 6.03. The second-order valence-corrected chi connectivity index (χ2v) is 6.28.